The first-order chi connectivity index (χ1) is 22.1. The summed E-state index contributed by atoms with van der Waals surface area (Å²) < 4.78 is 0. The van der Waals surface area contributed by atoms with Crippen molar-refractivity contribution in [3.63, 3.8) is 0 Å². The van der Waals surface area contributed by atoms with Crippen LogP contribution < -0.4 is 17.3 Å². The maximum Gasteiger partial charge on any atom is 0.153 e. The number of nitrogens with one attached hydrogen (secondary N) is 1. The molecule has 0 aliphatic carbocycles. The van der Waals surface area contributed by atoms with Crippen molar-refractivity contribution in [1.29, 1.82) is 0 Å². The van der Waals surface area contributed by atoms with Crippen molar-refractivity contribution in [3.8, 4) is 0 Å². The summed E-state index contributed by atoms with van der Waals surface area (Å²) in [6.07, 6.45) is 2.92. The first-order valence-electron chi connectivity index (χ1n) is 16.8. The third-order valence-corrected chi connectivity index (χ3v) is 9.67. The number of nitrogens with zero attached hydrogens (tertiary/aromatic N) is 1. The Labute approximate surface area is 290 Å². The molecule has 0 bridgehead atoms. The highest BCUT2D eigenvalue weighted by molar-refractivity contribution is 5.95. The van der Waals surface area contributed by atoms with Crippen LogP contribution in [-0.4, -0.2) is 56.7 Å². The van der Waals surface area contributed by atoms with Gasteiger partial charge in [0.1, 0.15) is 17.2 Å². The van der Waals surface area contributed by atoms with Gasteiger partial charge >= 0.3 is 0 Å². The van der Waals surface area contributed by atoms with E-state index in [-0.39, 0.29) is 24.5 Å². The second-order valence-corrected chi connectivity index (χ2v) is 12.9. The first-order valence-corrected chi connectivity index (χ1v) is 16.8. The van der Waals surface area contributed by atoms with Gasteiger partial charge < -0.3 is 22.2 Å². The van der Waals surface area contributed by atoms with Crippen LogP contribution in [-0.2, 0) is 20.4 Å². The third kappa shape index (κ3) is 8.48. The summed E-state index contributed by atoms with van der Waals surface area (Å²) in [5.41, 5.74) is 3.10. The molecule has 0 aliphatic rings. The SMILES string of the molecule is CCCC(=O)C(c1ccccc1)(c1ccccc1)C(C)N(C)C.CCCC(=O)C(c1ccccc1)(c1ccccc1)C(C)[NH+](C)C.[Cl-]. The van der Waals surface area contributed by atoms with Gasteiger partial charge in [-0.1, -0.05) is 135 Å². The number of hydrogen-bond acceptors (Lipinski definition) is 3. The van der Waals surface area contributed by atoms with E-state index in [4.69, 9.17) is 0 Å². The maximum absolute atomic E-state index is 13.4. The van der Waals surface area contributed by atoms with Crippen LogP contribution in [0.3, 0.4) is 0 Å². The van der Waals surface area contributed by atoms with Crippen LogP contribution in [0.5, 0.6) is 0 Å². The van der Waals surface area contributed by atoms with Crippen LogP contribution in [0.2, 0.25) is 0 Å². The van der Waals surface area contributed by atoms with Crippen LogP contribution >= 0.6 is 0 Å². The number of ketones is 2. The van der Waals surface area contributed by atoms with Gasteiger partial charge in [0.2, 0.25) is 0 Å². The van der Waals surface area contributed by atoms with E-state index in [2.05, 4.69) is 95.2 Å². The standard InChI is InChI=1S/2C21H27NO.ClH/c2*1-5-12-20(23)21(17(2)22(3)4,18-13-8-6-9-14-18)19-15-10-7-11-16-19;/h2*6-11,13-17H,5,12H2,1-4H3;1H. The number of Topliss-reactive ketones (excluding diaryl/α,β-unsaturated/α-hetero) is 2. The summed E-state index contributed by atoms with van der Waals surface area (Å²) >= 11 is 0. The normalized spacial score (nSPS) is 12.8. The molecular weight excluding hydrogens is 600 g/mol. The largest absolute Gasteiger partial charge is 1.00 e. The minimum Gasteiger partial charge on any atom is -1.00 e. The molecule has 47 heavy (non-hydrogen) atoms. The molecule has 4 nitrogen and oxygen atoms in total. The molecular formula is C42H55ClN2O2. The Morgan fingerprint density at radius 3 is 1.11 bits per heavy atom. The zero-order chi connectivity index (χ0) is 33.7. The minimum absolute atomic E-state index is 0. The number of halogens is 1. The van der Waals surface area contributed by atoms with Gasteiger partial charge in [-0.25, -0.2) is 0 Å². The van der Waals surface area contributed by atoms with Crippen molar-refractivity contribution in [2.45, 2.75) is 76.3 Å². The lowest BCUT2D eigenvalue weighted by Crippen LogP contribution is -3.12. The predicted molar refractivity (Wildman–Crippen MR) is 193 cm³/mol. The third-order valence-electron chi connectivity index (χ3n) is 9.67. The smallest absolute Gasteiger partial charge is 0.153 e. The topological polar surface area (TPSA) is 41.8 Å². The fourth-order valence-electron chi connectivity index (χ4n) is 6.91. The number of carbonyl (C=O) groups excluding carboxylic acids is 2. The lowest BCUT2D eigenvalue weighted by Gasteiger charge is -2.42. The fraction of sp³-hybridized carbons (Fsp3) is 0.381. The fourth-order valence-corrected chi connectivity index (χ4v) is 6.91. The van der Waals surface area contributed by atoms with Crippen molar-refractivity contribution in [2.75, 3.05) is 28.2 Å². The highest BCUT2D eigenvalue weighted by Gasteiger charge is 2.49. The molecule has 0 spiro atoms. The van der Waals surface area contributed by atoms with E-state index in [9.17, 15) is 9.59 Å². The number of quaternary nitrogens is 1. The molecule has 4 rings (SSSR count). The molecule has 252 valence electrons. The summed E-state index contributed by atoms with van der Waals surface area (Å²) in [4.78, 5) is 30.2. The van der Waals surface area contributed by atoms with Gasteiger partial charge in [-0.3, -0.25) is 9.59 Å². The van der Waals surface area contributed by atoms with Crippen molar-refractivity contribution >= 4 is 11.6 Å². The number of carbonyl (C=O) groups is 2. The van der Waals surface area contributed by atoms with Crippen LogP contribution in [0.1, 0.15) is 75.6 Å². The molecule has 4 aromatic rings. The molecule has 4 aromatic carbocycles. The van der Waals surface area contributed by atoms with E-state index in [1.165, 1.54) is 4.90 Å². The molecule has 0 fully saturated rings. The van der Waals surface area contributed by atoms with E-state index in [1.807, 2.05) is 86.9 Å². The lowest BCUT2D eigenvalue weighted by atomic mass is 9.65. The molecule has 0 saturated carbocycles. The molecule has 0 aromatic heterocycles. The number of rotatable bonds is 14. The van der Waals surface area contributed by atoms with Crippen molar-refractivity contribution in [2.24, 2.45) is 0 Å². The van der Waals surface area contributed by atoms with E-state index in [0.29, 0.717) is 24.4 Å². The highest BCUT2D eigenvalue weighted by Crippen LogP contribution is 2.40. The highest BCUT2D eigenvalue weighted by atomic mass is 35.5. The monoisotopic (exact) mass is 654 g/mol. The van der Waals surface area contributed by atoms with Gasteiger partial charge in [0.05, 0.1) is 19.5 Å². The van der Waals surface area contributed by atoms with Crippen LogP contribution in [0.25, 0.3) is 0 Å². The van der Waals surface area contributed by atoms with E-state index in [0.717, 1.165) is 35.1 Å². The van der Waals surface area contributed by atoms with E-state index >= 15 is 0 Å². The molecule has 0 heterocycles. The predicted octanol–water partition coefficient (Wildman–Crippen LogP) is 4.17. The molecule has 0 radical (unpaired) electrons. The summed E-state index contributed by atoms with van der Waals surface area (Å²) in [6, 6.07) is 41.2. The Kier molecular flexibility index (Phi) is 15.7. The van der Waals surface area contributed by atoms with Crippen molar-refractivity contribution in [1.82, 2.24) is 4.90 Å². The Morgan fingerprint density at radius 2 is 0.851 bits per heavy atom. The second-order valence-electron chi connectivity index (χ2n) is 12.9. The van der Waals surface area contributed by atoms with Gasteiger partial charge in [0.15, 0.2) is 5.78 Å². The molecule has 5 heteroatoms. The first kappa shape index (κ1) is 39.6. The quantitative estimate of drug-likeness (QED) is 0.222. The van der Waals surface area contributed by atoms with Crippen LogP contribution in [0, 0.1) is 0 Å². The Hall–Kier alpha value is -3.57. The Morgan fingerprint density at radius 1 is 0.574 bits per heavy atom. The maximum atomic E-state index is 13.4. The van der Waals surface area contributed by atoms with Crippen LogP contribution in [0.15, 0.2) is 121 Å². The molecule has 0 saturated heterocycles. The number of benzene rings is 4. The molecule has 2 atom stereocenters. The van der Waals surface area contributed by atoms with Crippen molar-refractivity contribution < 1.29 is 26.9 Å². The van der Waals surface area contributed by atoms with Crippen LogP contribution in [0.4, 0.5) is 0 Å². The van der Waals surface area contributed by atoms with Gasteiger partial charge in [-0.15, -0.1) is 0 Å². The lowest BCUT2D eigenvalue weighted by molar-refractivity contribution is -0.886. The van der Waals surface area contributed by atoms with Gasteiger partial charge in [-0.05, 0) is 63.0 Å². The van der Waals surface area contributed by atoms with E-state index in [1.54, 1.807) is 0 Å². The Bertz CT molecular complexity index is 1280. The average molecular weight is 655 g/mol. The molecule has 1 N–H and O–H groups in total. The zero-order valence-electron chi connectivity index (χ0n) is 29.7. The number of hydrogen-bond donors (Lipinski definition) is 1. The Balaban J connectivity index is 0.000000320. The summed E-state index contributed by atoms with van der Waals surface area (Å²) in [6.45, 7) is 8.47. The van der Waals surface area contributed by atoms with Gasteiger partial charge in [-0.2, -0.15) is 0 Å². The number of likely N-dealkylation sites (N-methyl/N-ethyl adjacent to an activating group) is 2. The van der Waals surface area contributed by atoms with Gasteiger partial charge in [0, 0.05) is 18.9 Å². The summed E-state index contributed by atoms with van der Waals surface area (Å²) in [5, 5.41) is 0. The molecule has 2 unspecified atom stereocenters. The zero-order valence-corrected chi connectivity index (χ0v) is 30.4. The van der Waals surface area contributed by atoms with Gasteiger partial charge in [0.25, 0.3) is 0 Å². The molecule has 0 aliphatic heterocycles. The summed E-state index contributed by atoms with van der Waals surface area (Å²) in [7, 11) is 8.35. The molecule has 0 amide bonds. The van der Waals surface area contributed by atoms with E-state index < -0.39 is 10.8 Å². The van der Waals surface area contributed by atoms with Crippen molar-refractivity contribution in [3.05, 3.63) is 144 Å². The average Bonchev–Trinajstić information content (AvgIpc) is 3.08. The summed E-state index contributed by atoms with van der Waals surface area (Å²) in [5.74, 6) is 0.602. The second kappa shape index (κ2) is 18.7. The minimum atomic E-state index is -0.637.